The van der Waals surface area contributed by atoms with E-state index in [1.165, 1.54) is 7.11 Å². The van der Waals surface area contributed by atoms with Crippen LogP contribution in [0, 0.1) is 13.8 Å². The van der Waals surface area contributed by atoms with Crippen LogP contribution in [0.1, 0.15) is 39.5 Å². The minimum atomic E-state index is -0.403. The molecule has 0 fully saturated rings. The number of ether oxygens (including phenoxy) is 1. The third kappa shape index (κ3) is 5.06. The monoisotopic (exact) mass is 364 g/mol. The van der Waals surface area contributed by atoms with Crippen LogP contribution in [0.4, 0.5) is 0 Å². The Hall–Kier alpha value is -2.35. The lowest BCUT2D eigenvalue weighted by molar-refractivity contribution is 0.0599. The molecule has 0 bridgehead atoms. The first-order valence-electron chi connectivity index (χ1n) is 8.02. The highest BCUT2D eigenvalue weighted by Gasteiger charge is 2.15. The molecule has 136 valence electrons. The summed E-state index contributed by atoms with van der Waals surface area (Å²) in [5.41, 5.74) is 1.45. The van der Waals surface area contributed by atoms with Gasteiger partial charge >= 0.3 is 5.97 Å². The number of nitrogens with one attached hydrogen (secondary N) is 1. The van der Waals surface area contributed by atoms with E-state index in [-0.39, 0.29) is 0 Å². The molecule has 0 aromatic carbocycles. The lowest BCUT2D eigenvalue weighted by Gasteiger charge is -2.21. The smallest absolute Gasteiger partial charge is 0.341 e. The molecule has 0 saturated carbocycles. The number of carbonyl (C=O) groups excluding carboxylic acids is 1. The van der Waals surface area contributed by atoms with Gasteiger partial charge in [-0.05, 0) is 26.8 Å². The van der Waals surface area contributed by atoms with Crippen molar-refractivity contribution in [3.05, 3.63) is 39.2 Å². The van der Waals surface area contributed by atoms with Gasteiger partial charge in [-0.15, -0.1) is 11.3 Å². The number of hydrogen-bond donors (Lipinski definition) is 1. The summed E-state index contributed by atoms with van der Waals surface area (Å²) >= 11 is 1.63. The SMILES string of the molecule is CCNC(=NCc1cc(C(=O)OC)c(C)o1)N(C)Cc1csc(C)n1. The van der Waals surface area contributed by atoms with Crippen molar-refractivity contribution in [1.82, 2.24) is 15.2 Å². The highest BCUT2D eigenvalue weighted by atomic mass is 32.1. The average molecular weight is 364 g/mol. The third-order valence-corrected chi connectivity index (χ3v) is 4.34. The van der Waals surface area contributed by atoms with E-state index in [0.717, 1.165) is 23.2 Å². The molecule has 1 N–H and O–H groups in total. The van der Waals surface area contributed by atoms with Gasteiger partial charge in [-0.3, -0.25) is 0 Å². The van der Waals surface area contributed by atoms with Gasteiger partial charge in [0.15, 0.2) is 5.96 Å². The lowest BCUT2D eigenvalue weighted by atomic mass is 10.2. The van der Waals surface area contributed by atoms with Crippen LogP contribution in [-0.2, 0) is 17.8 Å². The Balaban J connectivity index is 2.09. The summed E-state index contributed by atoms with van der Waals surface area (Å²) < 4.78 is 10.3. The van der Waals surface area contributed by atoms with Crippen LogP contribution in [0.3, 0.4) is 0 Å². The molecule has 2 aromatic heterocycles. The number of rotatable bonds is 6. The van der Waals surface area contributed by atoms with Crippen LogP contribution in [0.15, 0.2) is 20.9 Å². The van der Waals surface area contributed by atoms with Gasteiger partial charge in [-0.1, -0.05) is 0 Å². The molecule has 25 heavy (non-hydrogen) atoms. The van der Waals surface area contributed by atoms with Crippen LogP contribution < -0.4 is 5.32 Å². The maximum absolute atomic E-state index is 11.7. The number of guanidine groups is 1. The van der Waals surface area contributed by atoms with E-state index in [4.69, 9.17) is 9.15 Å². The van der Waals surface area contributed by atoms with E-state index >= 15 is 0 Å². The molecule has 0 aliphatic rings. The molecule has 0 saturated heterocycles. The van der Waals surface area contributed by atoms with E-state index in [0.29, 0.717) is 30.2 Å². The van der Waals surface area contributed by atoms with Crippen LogP contribution in [-0.4, -0.2) is 42.5 Å². The van der Waals surface area contributed by atoms with Crippen molar-refractivity contribution >= 4 is 23.3 Å². The second-order valence-corrected chi connectivity index (χ2v) is 6.62. The maximum atomic E-state index is 11.7. The Bertz CT molecular complexity index is 751. The molecule has 8 heteroatoms. The molecule has 2 rings (SSSR count). The van der Waals surface area contributed by atoms with E-state index < -0.39 is 5.97 Å². The predicted molar refractivity (Wildman–Crippen MR) is 97.9 cm³/mol. The molecule has 0 aliphatic heterocycles. The largest absolute Gasteiger partial charge is 0.465 e. The summed E-state index contributed by atoms with van der Waals surface area (Å²) in [6, 6.07) is 1.68. The van der Waals surface area contributed by atoms with Crippen LogP contribution >= 0.6 is 11.3 Å². The second kappa shape index (κ2) is 8.66. The van der Waals surface area contributed by atoms with Crippen molar-refractivity contribution < 1.29 is 13.9 Å². The zero-order valence-corrected chi connectivity index (χ0v) is 16.1. The van der Waals surface area contributed by atoms with Crippen molar-refractivity contribution in [2.24, 2.45) is 4.99 Å². The zero-order chi connectivity index (χ0) is 18.4. The van der Waals surface area contributed by atoms with Crippen molar-refractivity contribution in [2.45, 2.75) is 33.9 Å². The van der Waals surface area contributed by atoms with Gasteiger partial charge < -0.3 is 19.4 Å². The van der Waals surface area contributed by atoms with Gasteiger partial charge in [-0.2, -0.15) is 0 Å². The number of furan rings is 1. The Labute approximate surface area is 151 Å². The van der Waals surface area contributed by atoms with E-state index in [1.54, 1.807) is 24.3 Å². The summed E-state index contributed by atoms with van der Waals surface area (Å²) in [6.07, 6.45) is 0. The molecule has 0 radical (unpaired) electrons. The van der Waals surface area contributed by atoms with Crippen molar-refractivity contribution in [3.8, 4) is 0 Å². The fraction of sp³-hybridized carbons (Fsp3) is 0.471. The summed E-state index contributed by atoms with van der Waals surface area (Å²) in [5.74, 6) is 1.50. The number of nitrogens with zero attached hydrogens (tertiary/aromatic N) is 3. The number of aromatic nitrogens is 1. The van der Waals surface area contributed by atoms with E-state index in [2.05, 4.69) is 15.3 Å². The van der Waals surface area contributed by atoms with Crippen molar-refractivity contribution in [1.29, 1.82) is 0 Å². The molecule has 0 unspecified atom stereocenters. The minimum Gasteiger partial charge on any atom is -0.465 e. The molecule has 0 spiro atoms. The standard InChI is InChI=1S/C17H24N4O3S/c1-6-18-17(21(4)9-13-10-25-12(3)20-13)19-8-14-7-15(11(2)24-14)16(22)23-5/h7,10H,6,8-9H2,1-5H3,(H,18,19). The molecular formula is C17H24N4O3S. The first-order valence-corrected chi connectivity index (χ1v) is 8.90. The highest BCUT2D eigenvalue weighted by Crippen LogP contribution is 2.16. The van der Waals surface area contributed by atoms with Gasteiger partial charge in [0.1, 0.15) is 23.6 Å². The fourth-order valence-corrected chi connectivity index (χ4v) is 2.96. The lowest BCUT2D eigenvalue weighted by Crippen LogP contribution is -2.38. The number of hydrogen-bond acceptors (Lipinski definition) is 6. The maximum Gasteiger partial charge on any atom is 0.341 e. The first-order chi connectivity index (χ1) is 11.9. The van der Waals surface area contributed by atoms with Crippen LogP contribution in [0.25, 0.3) is 0 Å². The van der Waals surface area contributed by atoms with Gasteiger partial charge in [0.05, 0.1) is 24.4 Å². The number of aliphatic imine (C=N–C) groups is 1. The normalized spacial score (nSPS) is 11.5. The fourth-order valence-electron chi connectivity index (χ4n) is 2.36. The van der Waals surface area contributed by atoms with Gasteiger partial charge in [0.2, 0.25) is 0 Å². The van der Waals surface area contributed by atoms with Gasteiger partial charge in [-0.25, -0.2) is 14.8 Å². The first kappa shape index (κ1) is 19.0. The highest BCUT2D eigenvalue weighted by molar-refractivity contribution is 7.09. The molecule has 0 atom stereocenters. The number of carbonyl (C=O) groups is 1. The molecule has 7 nitrogen and oxygen atoms in total. The Kier molecular flexibility index (Phi) is 6.58. The number of aryl methyl sites for hydroxylation is 2. The summed E-state index contributed by atoms with van der Waals surface area (Å²) in [6.45, 7) is 7.50. The quantitative estimate of drug-likeness (QED) is 0.482. The number of thiazole rings is 1. The van der Waals surface area contributed by atoms with Gasteiger partial charge in [0, 0.05) is 19.0 Å². The summed E-state index contributed by atoms with van der Waals surface area (Å²) in [7, 11) is 3.31. The van der Waals surface area contributed by atoms with E-state index in [9.17, 15) is 4.79 Å². The topological polar surface area (TPSA) is 80.0 Å². The average Bonchev–Trinajstić information content (AvgIpc) is 3.16. The predicted octanol–water partition coefficient (Wildman–Crippen LogP) is 2.74. The summed E-state index contributed by atoms with van der Waals surface area (Å²) in [4.78, 5) is 22.7. The number of esters is 1. The van der Waals surface area contributed by atoms with Crippen molar-refractivity contribution in [3.63, 3.8) is 0 Å². The van der Waals surface area contributed by atoms with Gasteiger partial charge in [0.25, 0.3) is 0 Å². The molecule has 0 aliphatic carbocycles. The molecule has 0 amide bonds. The van der Waals surface area contributed by atoms with E-state index in [1.807, 2.05) is 31.2 Å². The Morgan fingerprint density at radius 1 is 1.48 bits per heavy atom. The van der Waals surface area contributed by atoms with Crippen LogP contribution in [0.2, 0.25) is 0 Å². The molecule has 2 aromatic rings. The Morgan fingerprint density at radius 2 is 2.24 bits per heavy atom. The second-order valence-electron chi connectivity index (χ2n) is 5.56. The molecule has 2 heterocycles. The Morgan fingerprint density at radius 3 is 2.84 bits per heavy atom. The minimum absolute atomic E-state index is 0.334. The number of methoxy groups -OCH3 is 1. The summed E-state index contributed by atoms with van der Waals surface area (Å²) in [5, 5.41) is 6.35. The third-order valence-electron chi connectivity index (χ3n) is 3.52. The molecular weight excluding hydrogens is 340 g/mol. The van der Waals surface area contributed by atoms with Crippen molar-refractivity contribution in [2.75, 3.05) is 20.7 Å². The zero-order valence-electron chi connectivity index (χ0n) is 15.3. The van der Waals surface area contributed by atoms with Crippen LogP contribution in [0.5, 0.6) is 0 Å².